The molecule has 1 fully saturated rings. The fourth-order valence-electron chi connectivity index (χ4n) is 2.22. The largest absolute Gasteiger partial charge is 0.399 e. The Balaban J connectivity index is 2.14. The summed E-state index contributed by atoms with van der Waals surface area (Å²) in [7, 11) is -3.88. The molecular weight excluding hydrogens is 283 g/mol. The standard InChI is InChI=1S/C13H19FN2O3S/c1-9-6-11(15)7-12(13(9)14)20(17,18)16-8-10-2-4-19-5-3-10/h6-7,10,16H,2-5,8,15H2,1H3. The molecule has 0 aliphatic carbocycles. The average Bonchev–Trinajstić information content (AvgIpc) is 2.42. The third-order valence-electron chi connectivity index (χ3n) is 3.44. The van der Waals surface area contributed by atoms with E-state index in [1.165, 1.54) is 13.0 Å². The van der Waals surface area contributed by atoms with E-state index in [0.717, 1.165) is 18.9 Å². The summed E-state index contributed by atoms with van der Waals surface area (Å²) in [6.07, 6.45) is 1.61. The van der Waals surface area contributed by atoms with Gasteiger partial charge in [0.05, 0.1) is 0 Å². The Morgan fingerprint density at radius 3 is 2.70 bits per heavy atom. The molecule has 1 aromatic carbocycles. The summed E-state index contributed by atoms with van der Waals surface area (Å²) in [5.41, 5.74) is 6.04. The first kappa shape index (κ1) is 15.2. The van der Waals surface area contributed by atoms with Gasteiger partial charge in [-0.15, -0.1) is 0 Å². The summed E-state index contributed by atoms with van der Waals surface area (Å²) in [6.45, 7) is 3.05. The highest BCUT2D eigenvalue weighted by Gasteiger charge is 2.23. The third kappa shape index (κ3) is 3.47. The number of hydrogen-bond acceptors (Lipinski definition) is 4. The highest BCUT2D eigenvalue weighted by Crippen LogP contribution is 2.22. The first-order chi connectivity index (χ1) is 9.40. The molecule has 0 aromatic heterocycles. The van der Waals surface area contributed by atoms with Crippen molar-refractivity contribution in [1.82, 2.24) is 4.72 Å². The van der Waals surface area contributed by atoms with Gasteiger partial charge in [0.15, 0.2) is 0 Å². The van der Waals surface area contributed by atoms with Crippen molar-refractivity contribution in [2.24, 2.45) is 5.92 Å². The molecule has 20 heavy (non-hydrogen) atoms. The van der Waals surface area contributed by atoms with Gasteiger partial charge in [0.2, 0.25) is 10.0 Å². The maximum absolute atomic E-state index is 13.9. The highest BCUT2D eigenvalue weighted by molar-refractivity contribution is 7.89. The van der Waals surface area contributed by atoms with Crippen LogP contribution in [0.25, 0.3) is 0 Å². The van der Waals surface area contributed by atoms with Crippen LogP contribution in [0.4, 0.5) is 10.1 Å². The lowest BCUT2D eigenvalue weighted by Crippen LogP contribution is -2.32. The molecule has 2 rings (SSSR count). The molecule has 0 unspecified atom stereocenters. The number of anilines is 1. The summed E-state index contributed by atoms with van der Waals surface area (Å²) >= 11 is 0. The molecule has 1 aliphatic rings. The zero-order valence-electron chi connectivity index (χ0n) is 11.4. The number of nitrogens with one attached hydrogen (secondary N) is 1. The van der Waals surface area contributed by atoms with E-state index in [1.807, 2.05) is 0 Å². The SMILES string of the molecule is Cc1cc(N)cc(S(=O)(=O)NCC2CCOCC2)c1F. The van der Waals surface area contributed by atoms with Crippen molar-refractivity contribution in [3.05, 3.63) is 23.5 Å². The predicted octanol–water partition coefficient (Wildman–Crippen LogP) is 1.42. The lowest BCUT2D eigenvalue weighted by molar-refractivity contribution is 0.0678. The van der Waals surface area contributed by atoms with Crippen LogP contribution in [0.1, 0.15) is 18.4 Å². The van der Waals surface area contributed by atoms with Crippen LogP contribution in [0.2, 0.25) is 0 Å². The van der Waals surface area contributed by atoms with Crippen LogP contribution in [-0.4, -0.2) is 28.2 Å². The van der Waals surface area contributed by atoms with Crippen LogP contribution in [0, 0.1) is 18.7 Å². The maximum atomic E-state index is 13.9. The minimum Gasteiger partial charge on any atom is -0.399 e. The van der Waals surface area contributed by atoms with Crippen molar-refractivity contribution in [2.45, 2.75) is 24.7 Å². The number of nitrogen functional groups attached to an aromatic ring is 1. The normalized spacial score (nSPS) is 17.3. The Morgan fingerprint density at radius 1 is 1.40 bits per heavy atom. The van der Waals surface area contributed by atoms with E-state index < -0.39 is 15.8 Å². The Hall–Kier alpha value is -1.18. The van der Waals surface area contributed by atoms with Gasteiger partial charge in [0, 0.05) is 25.4 Å². The van der Waals surface area contributed by atoms with E-state index in [0.29, 0.717) is 19.8 Å². The monoisotopic (exact) mass is 302 g/mol. The van der Waals surface area contributed by atoms with Crippen molar-refractivity contribution in [3.63, 3.8) is 0 Å². The van der Waals surface area contributed by atoms with Gasteiger partial charge in [0.1, 0.15) is 10.7 Å². The van der Waals surface area contributed by atoms with Crippen molar-refractivity contribution < 1.29 is 17.5 Å². The van der Waals surface area contributed by atoms with Gasteiger partial charge in [-0.1, -0.05) is 0 Å². The quantitative estimate of drug-likeness (QED) is 0.824. The lowest BCUT2D eigenvalue weighted by atomic mass is 10.0. The molecule has 1 aromatic rings. The van der Waals surface area contributed by atoms with Crippen LogP contribution >= 0.6 is 0 Å². The minimum absolute atomic E-state index is 0.219. The van der Waals surface area contributed by atoms with Crippen LogP contribution in [-0.2, 0) is 14.8 Å². The Bertz CT molecular complexity index is 584. The number of rotatable bonds is 4. The average molecular weight is 302 g/mol. The van der Waals surface area contributed by atoms with Gasteiger partial charge in [-0.25, -0.2) is 17.5 Å². The first-order valence-electron chi connectivity index (χ1n) is 6.53. The van der Waals surface area contributed by atoms with Crippen LogP contribution < -0.4 is 10.5 Å². The molecule has 0 amide bonds. The van der Waals surface area contributed by atoms with Crippen molar-refractivity contribution in [1.29, 1.82) is 0 Å². The fraction of sp³-hybridized carbons (Fsp3) is 0.538. The van der Waals surface area contributed by atoms with Crippen molar-refractivity contribution >= 4 is 15.7 Å². The number of aryl methyl sites for hydroxylation is 1. The summed E-state index contributed by atoms with van der Waals surface area (Å²) in [4.78, 5) is -0.387. The van der Waals surface area contributed by atoms with Crippen molar-refractivity contribution in [3.8, 4) is 0 Å². The third-order valence-corrected chi connectivity index (χ3v) is 4.86. The fourth-order valence-corrected chi connectivity index (χ4v) is 3.51. The smallest absolute Gasteiger partial charge is 0.243 e. The van der Waals surface area contributed by atoms with Crippen LogP contribution in [0.15, 0.2) is 17.0 Å². The molecule has 112 valence electrons. The second kappa shape index (κ2) is 6.07. The second-order valence-electron chi connectivity index (χ2n) is 5.06. The minimum atomic E-state index is -3.88. The van der Waals surface area contributed by atoms with Crippen molar-refractivity contribution in [2.75, 3.05) is 25.5 Å². The number of nitrogens with two attached hydrogens (primary N) is 1. The number of ether oxygens (including phenoxy) is 1. The van der Waals surface area contributed by atoms with Crippen LogP contribution in [0.5, 0.6) is 0 Å². The molecular formula is C13H19FN2O3S. The molecule has 0 spiro atoms. The molecule has 0 bridgehead atoms. The molecule has 0 saturated carbocycles. The highest BCUT2D eigenvalue weighted by atomic mass is 32.2. The zero-order valence-corrected chi connectivity index (χ0v) is 12.2. The van der Waals surface area contributed by atoms with Gasteiger partial charge >= 0.3 is 0 Å². The molecule has 1 saturated heterocycles. The Morgan fingerprint density at radius 2 is 2.05 bits per heavy atom. The van der Waals surface area contributed by atoms with Crippen LogP contribution in [0.3, 0.4) is 0 Å². The maximum Gasteiger partial charge on any atom is 0.243 e. The van der Waals surface area contributed by atoms with Gasteiger partial charge in [-0.2, -0.15) is 0 Å². The number of benzene rings is 1. The number of hydrogen-bond donors (Lipinski definition) is 2. The van der Waals surface area contributed by atoms with Gasteiger partial charge in [-0.05, 0) is 43.4 Å². The molecule has 7 heteroatoms. The van der Waals surface area contributed by atoms with E-state index in [2.05, 4.69) is 4.72 Å². The first-order valence-corrected chi connectivity index (χ1v) is 8.01. The van der Waals surface area contributed by atoms with E-state index in [1.54, 1.807) is 0 Å². The molecule has 5 nitrogen and oxygen atoms in total. The number of sulfonamides is 1. The predicted molar refractivity (Wildman–Crippen MR) is 74.3 cm³/mol. The summed E-state index contributed by atoms with van der Waals surface area (Å²) in [5.74, 6) is -0.526. The zero-order chi connectivity index (χ0) is 14.8. The summed E-state index contributed by atoms with van der Waals surface area (Å²) in [5, 5.41) is 0. The van der Waals surface area contributed by atoms with E-state index >= 15 is 0 Å². The molecule has 1 heterocycles. The Labute approximate surface area is 118 Å². The number of halogens is 1. The molecule has 0 atom stereocenters. The van der Waals surface area contributed by atoms with E-state index in [4.69, 9.17) is 10.5 Å². The lowest BCUT2D eigenvalue weighted by Gasteiger charge is -2.22. The Kier molecular flexibility index (Phi) is 4.62. The van der Waals surface area contributed by atoms with E-state index in [9.17, 15) is 12.8 Å². The molecule has 0 radical (unpaired) electrons. The molecule has 3 N–H and O–H groups in total. The topological polar surface area (TPSA) is 81.4 Å². The summed E-state index contributed by atoms with van der Waals surface area (Å²) in [6, 6.07) is 2.56. The summed E-state index contributed by atoms with van der Waals surface area (Å²) < 4.78 is 45.9. The second-order valence-corrected chi connectivity index (χ2v) is 6.79. The van der Waals surface area contributed by atoms with Gasteiger partial charge in [-0.3, -0.25) is 0 Å². The van der Waals surface area contributed by atoms with Gasteiger partial charge in [0.25, 0.3) is 0 Å². The van der Waals surface area contributed by atoms with E-state index in [-0.39, 0.29) is 22.1 Å². The molecule has 1 aliphatic heterocycles. The van der Waals surface area contributed by atoms with Gasteiger partial charge < -0.3 is 10.5 Å².